The van der Waals surface area contributed by atoms with Crippen LogP contribution in [0, 0.1) is 0 Å². The molecule has 0 radical (unpaired) electrons. The summed E-state index contributed by atoms with van der Waals surface area (Å²) in [6.07, 6.45) is 15.1. The smallest absolute Gasteiger partial charge is 0.114 e. The Kier molecular flexibility index (Phi) is 14.1. The zero-order valence-corrected chi connectivity index (χ0v) is 16.5. The molecule has 5 heteroatoms. The Morgan fingerprint density at radius 2 is 1.58 bits per heavy atom. The summed E-state index contributed by atoms with van der Waals surface area (Å²) in [7, 11) is 0. The van der Waals surface area contributed by atoms with Crippen molar-refractivity contribution in [3.63, 3.8) is 0 Å². The average Bonchev–Trinajstić information content (AvgIpc) is 2.98. The molecule has 5 nitrogen and oxygen atoms in total. The van der Waals surface area contributed by atoms with E-state index in [0.717, 1.165) is 25.7 Å². The van der Waals surface area contributed by atoms with Crippen molar-refractivity contribution in [3.05, 3.63) is 12.2 Å². The number of aliphatic hydroxyl groups is 3. The molecular formula is C21H40O5. The molecule has 0 unspecified atom stereocenters. The molecule has 1 heterocycles. The maximum absolute atomic E-state index is 9.80. The van der Waals surface area contributed by atoms with E-state index in [-0.39, 0.29) is 13.2 Å². The van der Waals surface area contributed by atoms with E-state index in [1.165, 1.54) is 44.9 Å². The summed E-state index contributed by atoms with van der Waals surface area (Å²) in [5, 5.41) is 28.7. The fourth-order valence-electron chi connectivity index (χ4n) is 3.26. The Labute approximate surface area is 159 Å². The number of allylic oxidation sites excluding steroid dienone is 2. The Balaban J connectivity index is 1.93. The Morgan fingerprint density at radius 3 is 2.15 bits per heavy atom. The van der Waals surface area contributed by atoms with Crippen molar-refractivity contribution in [1.29, 1.82) is 0 Å². The van der Waals surface area contributed by atoms with Gasteiger partial charge in [0.1, 0.15) is 24.4 Å². The zero-order valence-electron chi connectivity index (χ0n) is 16.5. The molecular weight excluding hydrogens is 332 g/mol. The highest BCUT2D eigenvalue weighted by atomic mass is 16.6. The molecule has 154 valence electrons. The maximum Gasteiger partial charge on any atom is 0.114 e. The molecule has 0 saturated carbocycles. The molecule has 0 aliphatic carbocycles. The fraction of sp³-hybridized carbons (Fsp3) is 0.905. The first-order valence-corrected chi connectivity index (χ1v) is 10.6. The van der Waals surface area contributed by atoms with Gasteiger partial charge in [-0.05, 0) is 32.1 Å². The molecule has 1 aliphatic rings. The van der Waals surface area contributed by atoms with E-state index in [0.29, 0.717) is 6.61 Å². The predicted octanol–water partition coefficient (Wildman–Crippen LogP) is 3.35. The quantitative estimate of drug-likeness (QED) is 0.286. The SMILES string of the molecule is CCCCCCCC/C=C/CCCCCO[C@H](CO)[C@@H]1OC[C@H](O)[C@@H]1O. The van der Waals surface area contributed by atoms with Gasteiger partial charge in [0.25, 0.3) is 0 Å². The van der Waals surface area contributed by atoms with E-state index < -0.39 is 24.4 Å². The topological polar surface area (TPSA) is 79.2 Å². The van der Waals surface area contributed by atoms with Crippen LogP contribution >= 0.6 is 0 Å². The average molecular weight is 373 g/mol. The van der Waals surface area contributed by atoms with Gasteiger partial charge in [0.2, 0.25) is 0 Å². The van der Waals surface area contributed by atoms with Crippen LogP contribution in [0.3, 0.4) is 0 Å². The van der Waals surface area contributed by atoms with Crippen molar-refractivity contribution in [2.45, 2.75) is 102 Å². The van der Waals surface area contributed by atoms with Crippen LogP contribution in [0.25, 0.3) is 0 Å². The minimum atomic E-state index is -0.982. The van der Waals surface area contributed by atoms with Crippen molar-refractivity contribution in [3.8, 4) is 0 Å². The highest BCUT2D eigenvalue weighted by molar-refractivity contribution is 4.88. The normalized spacial score (nSPS) is 24.5. The second-order valence-corrected chi connectivity index (χ2v) is 7.32. The van der Waals surface area contributed by atoms with E-state index in [4.69, 9.17) is 9.47 Å². The van der Waals surface area contributed by atoms with E-state index in [2.05, 4.69) is 19.1 Å². The highest BCUT2D eigenvalue weighted by Gasteiger charge is 2.40. The third kappa shape index (κ3) is 10.0. The van der Waals surface area contributed by atoms with Crippen molar-refractivity contribution < 1.29 is 24.8 Å². The summed E-state index contributed by atoms with van der Waals surface area (Å²) in [4.78, 5) is 0. The van der Waals surface area contributed by atoms with Crippen molar-refractivity contribution in [2.24, 2.45) is 0 Å². The zero-order chi connectivity index (χ0) is 19.0. The molecule has 1 aliphatic heterocycles. The Morgan fingerprint density at radius 1 is 0.962 bits per heavy atom. The molecule has 1 saturated heterocycles. The van der Waals surface area contributed by atoms with Gasteiger partial charge in [-0.3, -0.25) is 0 Å². The summed E-state index contributed by atoms with van der Waals surface area (Å²) >= 11 is 0. The lowest BCUT2D eigenvalue weighted by molar-refractivity contribution is -0.101. The lowest BCUT2D eigenvalue weighted by Crippen LogP contribution is -2.42. The highest BCUT2D eigenvalue weighted by Crippen LogP contribution is 2.19. The van der Waals surface area contributed by atoms with Crippen LogP contribution in [0.5, 0.6) is 0 Å². The first-order chi connectivity index (χ1) is 12.7. The van der Waals surface area contributed by atoms with Gasteiger partial charge >= 0.3 is 0 Å². The molecule has 26 heavy (non-hydrogen) atoms. The third-order valence-electron chi connectivity index (χ3n) is 4.97. The van der Waals surface area contributed by atoms with Gasteiger partial charge in [0.15, 0.2) is 0 Å². The van der Waals surface area contributed by atoms with Crippen molar-refractivity contribution in [1.82, 2.24) is 0 Å². The third-order valence-corrected chi connectivity index (χ3v) is 4.97. The molecule has 0 bridgehead atoms. The first-order valence-electron chi connectivity index (χ1n) is 10.6. The molecule has 0 aromatic carbocycles. The monoisotopic (exact) mass is 372 g/mol. The molecule has 4 atom stereocenters. The van der Waals surface area contributed by atoms with Gasteiger partial charge in [0, 0.05) is 6.61 Å². The molecule has 0 aromatic rings. The fourth-order valence-corrected chi connectivity index (χ4v) is 3.26. The van der Waals surface area contributed by atoms with Crippen molar-refractivity contribution >= 4 is 0 Å². The van der Waals surface area contributed by atoms with E-state index in [9.17, 15) is 15.3 Å². The van der Waals surface area contributed by atoms with Gasteiger partial charge in [-0.1, -0.05) is 57.6 Å². The first kappa shape index (κ1) is 23.6. The second-order valence-electron chi connectivity index (χ2n) is 7.32. The van der Waals surface area contributed by atoms with Crippen LogP contribution in [0.4, 0.5) is 0 Å². The number of ether oxygens (including phenoxy) is 2. The number of rotatable bonds is 16. The molecule has 0 aromatic heterocycles. The summed E-state index contributed by atoms with van der Waals surface area (Å²) < 4.78 is 10.9. The standard InChI is InChI=1S/C21H40O5/c1-2-3-4-5-6-7-8-9-10-11-12-13-14-15-25-19(16-22)21-20(24)18(23)17-26-21/h9-10,18-24H,2-8,11-17H2,1H3/b10-9+/t18-,19+,20-,21-/m0/s1. The van der Waals surface area contributed by atoms with Crippen molar-refractivity contribution in [2.75, 3.05) is 19.8 Å². The number of hydrogen-bond acceptors (Lipinski definition) is 5. The number of unbranched alkanes of at least 4 members (excludes halogenated alkanes) is 9. The van der Waals surface area contributed by atoms with E-state index >= 15 is 0 Å². The molecule has 0 spiro atoms. The van der Waals surface area contributed by atoms with Gasteiger partial charge in [0.05, 0.1) is 13.2 Å². The van der Waals surface area contributed by atoms with Crippen LogP contribution in [0.1, 0.15) is 77.6 Å². The minimum absolute atomic E-state index is 0.0940. The van der Waals surface area contributed by atoms with Crippen LogP contribution in [0.2, 0.25) is 0 Å². The van der Waals surface area contributed by atoms with Crippen LogP contribution < -0.4 is 0 Å². The number of hydrogen-bond donors (Lipinski definition) is 3. The summed E-state index contributed by atoms with van der Waals surface area (Å²) in [6.45, 7) is 2.67. The van der Waals surface area contributed by atoms with E-state index in [1.807, 2.05) is 0 Å². The Hall–Kier alpha value is -0.460. The molecule has 1 fully saturated rings. The van der Waals surface area contributed by atoms with Crippen LogP contribution in [-0.2, 0) is 9.47 Å². The van der Waals surface area contributed by atoms with Crippen LogP contribution in [0.15, 0.2) is 12.2 Å². The summed E-state index contributed by atoms with van der Waals surface area (Å²) in [5.74, 6) is 0. The number of aliphatic hydroxyl groups excluding tert-OH is 3. The van der Waals surface area contributed by atoms with Gasteiger partial charge < -0.3 is 24.8 Å². The van der Waals surface area contributed by atoms with Gasteiger partial charge in [-0.2, -0.15) is 0 Å². The largest absolute Gasteiger partial charge is 0.394 e. The van der Waals surface area contributed by atoms with Gasteiger partial charge in [-0.25, -0.2) is 0 Å². The summed E-state index contributed by atoms with van der Waals surface area (Å²) in [6, 6.07) is 0. The molecule has 3 N–H and O–H groups in total. The second kappa shape index (κ2) is 15.6. The lowest BCUT2D eigenvalue weighted by atomic mass is 10.1. The van der Waals surface area contributed by atoms with E-state index in [1.54, 1.807) is 0 Å². The minimum Gasteiger partial charge on any atom is -0.394 e. The lowest BCUT2D eigenvalue weighted by Gasteiger charge is -2.24. The predicted molar refractivity (Wildman–Crippen MR) is 104 cm³/mol. The summed E-state index contributed by atoms with van der Waals surface area (Å²) in [5.41, 5.74) is 0. The Bertz CT molecular complexity index is 347. The molecule has 1 rings (SSSR count). The van der Waals surface area contributed by atoms with Gasteiger partial charge in [-0.15, -0.1) is 0 Å². The van der Waals surface area contributed by atoms with Crippen LogP contribution in [-0.4, -0.2) is 59.6 Å². The maximum atomic E-state index is 9.80. The molecule has 0 amide bonds.